The number of allylic oxidation sites excluding steroid dienone is 1. The third-order valence-electron chi connectivity index (χ3n) is 3.02. The Balaban J connectivity index is 0.00000120. The highest BCUT2D eigenvalue weighted by molar-refractivity contribution is 8.16. The normalized spacial score (nSPS) is 21.2. The molecular formula is C13H14Cl2N2S. The number of halogens is 2. The smallest absolute Gasteiger partial charge is 0.168 e. The average molecular weight is 301 g/mol. The van der Waals surface area contributed by atoms with Crippen molar-refractivity contribution in [1.82, 2.24) is 4.90 Å². The second kappa shape index (κ2) is 6.00. The molecule has 0 aromatic heterocycles. The molecule has 0 spiro atoms. The van der Waals surface area contributed by atoms with E-state index in [0.717, 1.165) is 18.1 Å². The van der Waals surface area contributed by atoms with Crippen LogP contribution < -0.4 is 0 Å². The van der Waals surface area contributed by atoms with Gasteiger partial charge in [-0.2, -0.15) is 0 Å². The summed E-state index contributed by atoms with van der Waals surface area (Å²) in [5, 5.41) is 3.21. The molecule has 2 aliphatic heterocycles. The lowest BCUT2D eigenvalue weighted by molar-refractivity contribution is 0.511. The number of hydrogen-bond acceptors (Lipinski definition) is 3. The van der Waals surface area contributed by atoms with Gasteiger partial charge in [0.2, 0.25) is 0 Å². The third-order valence-corrected chi connectivity index (χ3v) is 4.22. The topological polar surface area (TPSA) is 15.6 Å². The molecule has 0 aliphatic carbocycles. The minimum atomic E-state index is 0. The molecule has 2 nitrogen and oxygen atoms in total. The Labute approximate surface area is 123 Å². The highest BCUT2D eigenvalue weighted by atomic mass is 35.5. The van der Waals surface area contributed by atoms with Crippen molar-refractivity contribution in [1.29, 1.82) is 0 Å². The summed E-state index contributed by atoms with van der Waals surface area (Å²) in [5.74, 6) is 0.573. The van der Waals surface area contributed by atoms with E-state index in [1.807, 2.05) is 6.07 Å². The zero-order chi connectivity index (χ0) is 11.7. The fourth-order valence-corrected chi connectivity index (χ4v) is 3.47. The summed E-state index contributed by atoms with van der Waals surface area (Å²) in [4.78, 5) is 6.98. The van der Waals surface area contributed by atoms with Crippen molar-refractivity contribution < 1.29 is 0 Å². The Bertz CT molecular complexity index is 473. The molecule has 0 fully saturated rings. The number of fused-ring (bicyclic) bond motifs is 1. The van der Waals surface area contributed by atoms with Crippen LogP contribution in [0, 0.1) is 0 Å². The number of rotatable bonds is 3. The number of aliphatic imine (C=N–C) groups is 1. The van der Waals surface area contributed by atoms with Gasteiger partial charge in [0.15, 0.2) is 5.17 Å². The van der Waals surface area contributed by atoms with E-state index in [4.69, 9.17) is 16.6 Å². The minimum Gasteiger partial charge on any atom is -0.321 e. The second-order valence-corrected chi connectivity index (χ2v) is 5.33. The molecule has 2 aliphatic rings. The molecule has 0 bridgehead atoms. The summed E-state index contributed by atoms with van der Waals surface area (Å²) in [7, 11) is 0. The van der Waals surface area contributed by atoms with Gasteiger partial charge in [0.1, 0.15) is 0 Å². The van der Waals surface area contributed by atoms with Crippen LogP contribution in [0.4, 0.5) is 0 Å². The van der Waals surface area contributed by atoms with Crippen molar-refractivity contribution in [3.63, 3.8) is 0 Å². The summed E-state index contributed by atoms with van der Waals surface area (Å²) in [6.45, 7) is 0.968. The van der Waals surface area contributed by atoms with Crippen LogP contribution >= 0.6 is 35.8 Å². The van der Waals surface area contributed by atoms with Gasteiger partial charge in [0.25, 0.3) is 0 Å². The predicted octanol–water partition coefficient (Wildman–Crippen LogP) is 3.52. The van der Waals surface area contributed by atoms with Gasteiger partial charge in [0, 0.05) is 12.2 Å². The number of alkyl halides is 1. The van der Waals surface area contributed by atoms with E-state index in [1.165, 1.54) is 11.3 Å². The Hall–Kier alpha value is -0.640. The van der Waals surface area contributed by atoms with Gasteiger partial charge in [-0.05, 0) is 17.4 Å². The average Bonchev–Trinajstić information content (AvgIpc) is 2.89. The highest BCUT2D eigenvalue weighted by Crippen LogP contribution is 2.32. The molecular weight excluding hydrogens is 287 g/mol. The molecule has 1 aromatic carbocycles. The number of amidine groups is 1. The lowest BCUT2D eigenvalue weighted by Crippen LogP contribution is -2.25. The van der Waals surface area contributed by atoms with Gasteiger partial charge < -0.3 is 4.90 Å². The Morgan fingerprint density at radius 3 is 2.83 bits per heavy atom. The van der Waals surface area contributed by atoms with E-state index in [1.54, 1.807) is 11.8 Å². The molecule has 96 valence electrons. The zero-order valence-corrected chi connectivity index (χ0v) is 12.1. The van der Waals surface area contributed by atoms with E-state index in [2.05, 4.69) is 34.6 Å². The third kappa shape index (κ3) is 2.68. The standard InChI is InChI=1S/C13H13ClN2S.ClH/c14-7-12-9-17-13-15-11(8-16(12)13)6-10-4-2-1-3-5-10;/h1-5,9,11H,6-8H2;1H. The van der Waals surface area contributed by atoms with Crippen molar-refractivity contribution in [2.75, 3.05) is 12.4 Å². The molecule has 3 rings (SSSR count). The second-order valence-electron chi connectivity index (χ2n) is 4.23. The van der Waals surface area contributed by atoms with Gasteiger partial charge in [-0.15, -0.1) is 24.0 Å². The maximum atomic E-state index is 5.90. The van der Waals surface area contributed by atoms with Crippen molar-refractivity contribution >= 4 is 40.9 Å². The van der Waals surface area contributed by atoms with Crippen molar-refractivity contribution in [2.45, 2.75) is 12.5 Å². The van der Waals surface area contributed by atoms with E-state index in [-0.39, 0.29) is 12.4 Å². The van der Waals surface area contributed by atoms with Crippen LogP contribution in [0.25, 0.3) is 0 Å². The van der Waals surface area contributed by atoms with Gasteiger partial charge in [-0.25, -0.2) is 0 Å². The van der Waals surface area contributed by atoms with Gasteiger partial charge >= 0.3 is 0 Å². The molecule has 5 heteroatoms. The first-order chi connectivity index (χ1) is 8.36. The van der Waals surface area contributed by atoms with Crippen molar-refractivity contribution in [3.8, 4) is 0 Å². The first-order valence-electron chi connectivity index (χ1n) is 5.68. The monoisotopic (exact) mass is 300 g/mol. The lowest BCUT2D eigenvalue weighted by atomic mass is 10.1. The lowest BCUT2D eigenvalue weighted by Gasteiger charge is -2.16. The predicted molar refractivity (Wildman–Crippen MR) is 81.7 cm³/mol. The van der Waals surface area contributed by atoms with Crippen LogP contribution in [-0.4, -0.2) is 28.5 Å². The van der Waals surface area contributed by atoms with Gasteiger partial charge in [-0.3, -0.25) is 4.99 Å². The minimum absolute atomic E-state index is 0. The van der Waals surface area contributed by atoms with Crippen molar-refractivity contribution in [2.24, 2.45) is 4.99 Å². The Morgan fingerprint density at radius 1 is 1.33 bits per heavy atom. The van der Waals surface area contributed by atoms with Crippen LogP contribution in [0.5, 0.6) is 0 Å². The zero-order valence-electron chi connectivity index (χ0n) is 9.75. The fourth-order valence-electron chi connectivity index (χ4n) is 2.17. The van der Waals surface area contributed by atoms with E-state index >= 15 is 0 Å². The first kappa shape index (κ1) is 13.8. The molecule has 0 N–H and O–H groups in total. The number of benzene rings is 1. The molecule has 0 radical (unpaired) electrons. The van der Waals surface area contributed by atoms with Crippen LogP contribution in [0.3, 0.4) is 0 Å². The van der Waals surface area contributed by atoms with Crippen LogP contribution in [-0.2, 0) is 6.42 Å². The van der Waals surface area contributed by atoms with E-state index in [9.17, 15) is 0 Å². The van der Waals surface area contributed by atoms with Crippen LogP contribution in [0.2, 0.25) is 0 Å². The number of nitrogens with zero attached hydrogens (tertiary/aromatic N) is 2. The molecule has 2 heterocycles. The van der Waals surface area contributed by atoms with Crippen molar-refractivity contribution in [3.05, 3.63) is 47.0 Å². The molecule has 18 heavy (non-hydrogen) atoms. The van der Waals surface area contributed by atoms with Gasteiger partial charge in [0.05, 0.1) is 11.9 Å². The molecule has 1 aromatic rings. The van der Waals surface area contributed by atoms with Crippen LogP contribution in [0.15, 0.2) is 46.4 Å². The highest BCUT2D eigenvalue weighted by Gasteiger charge is 2.31. The molecule has 0 saturated heterocycles. The summed E-state index contributed by atoms with van der Waals surface area (Å²) < 4.78 is 0. The molecule has 0 saturated carbocycles. The Morgan fingerprint density at radius 2 is 2.11 bits per heavy atom. The number of thioether (sulfide) groups is 1. The Kier molecular flexibility index (Phi) is 4.60. The molecule has 0 amide bonds. The summed E-state index contributed by atoms with van der Waals surface area (Å²) in [5.41, 5.74) is 2.54. The largest absolute Gasteiger partial charge is 0.321 e. The maximum Gasteiger partial charge on any atom is 0.168 e. The van der Waals surface area contributed by atoms with E-state index < -0.39 is 0 Å². The summed E-state index contributed by atoms with van der Waals surface area (Å²) in [6.07, 6.45) is 1.01. The summed E-state index contributed by atoms with van der Waals surface area (Å²) >= 11 is 7.59. The van der Waals surface area contributed by atoms with Crippen LogP contribution in [0.1, 0.15) is 5.56 Å². The maximum absolute atomic E-state index is 5.90. The SMILES string of the molecule is Cl.ClCC1=CSC2=NC(Cc3ccccc3)CN12. The van der Waals surface area contributed by atoms with Gasteiger partial charge in [-0.1, -0.05) is 42.1 Å². The quantitative estimate of drug-likeness (QED) is 0.794. The molecule has 1 unspecified atom stereocenters. The molecule has 1 atom stereocenters. The van der Waals surface area contributed by atoms with E-state index in [0.29, 0.717) is 11.9 Å². The fraction of sp³-hybridized carbons (Fsp3) is 0.308. The number of hydrogen-bond donors (Lipinski definition) is 0. The summed E-state index contributed by atoms with van der Waals surface area (Å²) in [6, 6.07) is 10.9. The first-order valence-corrected chi connectivity index (χ1v) is 7.09.